The lowest BCUT2D eigenvalue weighted by Gasteiger charge is -2.35. The van der Waals surface area contributed by atoms with Crippen molar-refractivity contribution >= 4 is 0 Å². The number of ether oxygens (including phenoxy) is 1. The lowest BCUT2D eigenvalue weighted by Crippen LogP contribution is -2.40. The maximum atomic E-state index is 5.25. The van der Waals surface area contributed by atoms with E-state index in [1.807, 2.05) is 0 Å². The zero-order valence-corrected chi connectivity index (χ0v) is 12.1. The molecule has 1 N–H and O–H groups in total. The molecule has 104 valence electrons. The molecule has 0 aliphatic heterocycles. The quantitative estimate of drug-likeness (QED) is 0.836. The van der Waals surface area contributed by atoms with Crippen molar-refractivity contribution in [1.29, 1.82) is 0 Å². The van der Waals surface area contributed by atoms with Gasteiger partial charge < -0.3 is 10.1 Å². The molecule has 2 aliphatic carbocycles. The van der Waals surface area contributed by atoms with Gasteiger partial charge in [0, 0.05) is 12.1 Å². The van der Waals surface area contributed by atoms with Crippen LogP contribution < -0.4 is 10.1 Å². The zero-order valence-electron chi connectivity index (χ0n) is 12.1. The molecule has 2 nitrogen and oxygen atoms in total. The predicted octanol–water partition coefficient (Wildman–Crippen LogP) is 3.92. The highest BCUT2D eigenvalue weighted by Gasteiger charge is 2.35. The third kappa shape index (κ3) is 2.94. The van der Waals surface area contributed by atoms with E-state index in [9.17, 15) is 0 Å². The maximum Gasteiger partial charge on any atom is 0.118 e. The van der Waals surface area contributed by atoms with Gasteiger partial charge in [0.25, 0.3) is 0 Å². The van der Waals surface area contributed by atoms with E-state index in [0.717, 1.165) is 17.6 Å². The van der Waals surface area contributed by atoms with E-state index in [4.69, 9.17) is 4.74 Å². The van der Waals surface area contributed by atoms with Gasteiger partial charge in [-0.2, -0.15) is 0 Å². The number of methoxy groups -OCH3 is 1. The van der Waals surface area contributed by atoms with Gasteiger partial charge in [-0.05, 0) is 62.1 Å². The first-order chi connectivity index (χ1) is 9.28. The van der Waals surface area contributed by atoms with Gasteiger partial charge in [-0.1, -0.05) is 18.6 Å². The first kappa shape index (κ1) is 13.0. The average molecular weight is 259 g/mol. The molecular formula is C17H25NO. The number of rotatable bonds is 6. The fraction of sp³-hybridized carbons (Fsp3) is 0.647. The summed E-state index contributed by atoms with van der Waals surface area (Å²) in [5.41, 5.74) is 1.43. The van der Waals surface area contributed by atoms with Gasteiger partial charge in [-0.25, -0.2) is 0 Å². The lowest BCUT2D eigenvalue weighted by atomic mass is 9.80. The fourth-order valence-electron chi connectivity index (χ4n) is 3.10. The Hall–Kier alpha value is -1.02. The molecule has 2 fully saturated rings. The van der Waals surface area contributed by atoms with Crippen molar-refractivity contribution in [3.63, 3.8) is 0 Å². The second-order valence-electron chi connectivity index (χ2n) is 6.23. The zero-order chi connectivity index (χ0) is 13.2. The Balaban J connectivity index is 1.68. The molecule has 0 aromatic heterocycles. The lowest BCUT2D eigenvalue weighted by molar-refractivity contribution is 0.221. The molecule has 0 saturated heterocycles. The Morgan fingerprint density at radius 1 is 1.05 bits per heavy atom. The van der Waals surface area contributed by atoms with Gasteiger partial charge in [-0.3, -0.25) is 0 Å². The van der Waals surface area contributed by atoms with E-state index in [-0.39, 0.29) is 0 Å². The molecular weight excluding hydrogens is 234 g/mol. The van der Waals surface area contributed by atoms with Crippen LogP contribution in [-0.2, 0) is 0 Å². The Labute approximate surface area is 116 Å². The first-order valence-corrected chi connectivity index (χ1v) is 7.68. The normalized spacial score (nSPS) is 22.6. The summed E-state index contributed by atoms with van der Waals surface area (Å²) in [4.78, 5) is 0. The van der Waals surface area contributed by atoms with Crippen LogP contribution in [0.2, 0.25) is 0 Å². The van der Waals surface area contributed by atoms with Crippen molar-refractivity contribution in [3.05, 3.63) is 29.8 Å². The van der Waals surface area contributed by atoms with Crippen molar-refractivity contribution in [2.75, 3.05) is 7.11 Å². The highest BCUT2D eigenvalue weighted by Crippen LogP contribution is 2.42. The van der Waals surface area contributed by atoms with Crippen molar-refractivity contribution in [1.82, 2.24) is 5.32 Å². The number of hydrogen-bond donors (Lipinski definition) is 1. The Bertz CT molecular complexity index is 406. The standard InChI is InChI=1S/C17H25NO/c1-12(13-4-3-5-13)18-17(14-6-7-14)15-8-10-16(19-2)11-9-15/h8-14,17-18H,3-7H2,1-2H3. The summed E-state index contributed by atoms with van der Waals surface area (Å²) < 4.78 is 5.25. The summed E-state index contributed by atoms with van der Waals surface area (Å²) in [5.74, 6) is 2.70. The first-order valence-electron chi connectivity index (χ1n) is 7.68. The molecule has 0 amide bonds. The molecule has 1 aromatic carbocycles. The van der Waals surface area contributed by atoms with Gasteiger partial charge >= 0.3 is 0 Å². The highest BCUT2D eigenvalue weighted by molar-refractivity contribution is 5.30. The molecule has 3 rings (SSSR count). The van der Waals surface area contributed by atoms with E-state index in [1.54, 1.807) is 7.11 Å². The molecule has 0 heterocycles. The Morgan fingerprint density at radius 2 is 1.74 bits per heavy atom. The van der Waals surface area contributed by atoms with Gasteiger partial charge in [0.15, 0.2) is 0 Å². The van der Waals surface area contributed by atoms with E-state index in [0.29, 0.717) is 12.1 Å². The molecule has 2 aliphatic rings. The molecule has 19 heavy (non-hydrogen) atoms. The monoisotopic (exact) mass is 259 g/mol. The minimum Gasteiger partial charge on any atom is -0.497 e. The van der Waals surface area contributed by atoms with Crippen molar-refractivity contribution in [2.24, 2.45) is 11.8 Å². The van der Waals surface area contributed by atoms with E-state index in [1.165, 1.54) is 37.7 Å². The van der Waals surface area contributed by atoms with Crippen molar-refractivity contribution < 1.29 is 4.74 Å². The fourth-order valence-corrected chi connectivity index (χ4v) is 3.10. The van der Waals surface area contributed by atoms with Crippen LogP contribution in [0.15, 0.2) is 24.3 Å². The topological polar surface area (TPSA) is 21.3 Å². The van der Waals surface area contributed by atoms with Gasteiger partial charge in [0.1, 0.15) is 5.75 Å². The van der Waals surface area contributed by atoms with Crippen LogP contribution >= 0.6 is 0 Å². The smallest absolute Gasteiger partial charge is 0.118 e. The van der Waals surface area contributed by atoms with Crippen LogP contribution in [-0.4, -0.2) is 13.2 Å². The third-order valence-corrected chi connectivity index (χ3v) is 4.87. The number of hydrogen-bond acceptors (Lipinski definition) is 2. The molecule has 0 spiro atoms. The molecule has 0 radical (unpaired) electrons. The summed E-state index contributed by atoms with van der Waals surface area (Å²) in [6.45, 7) is 2.36. The Morgan fingerprint density at radius 3 is 2.21 bits per heavy atom. The molecule has 2 unspecified atom stereocenters. The van der Waals surface area contributed by atoms with Crippen LogP contribution in [0.25, 0.3) is 0 Å². The van der Waals surface area contributed by atoms with Crippen molar-refractivity contribution in [2.45, 2.75) is 51.1 Å². The van der Waals surface area contributed by atoms with Crippen LogP contribution in [0.1, 0.15) is 50.6 Å². The summed E-state index contributed by atoms with van der Waals surface area (Å²) in [6.07, 6.45) is 7.00. The molecule has 2 heteroatoms. The van der Waals surface area contributed by atoms with E-state index >= 15 is 0 Å². The summed E-state index contributed by atoms with van der Waals surface area (Å²) in [5, 5.41) is 3.89. The molecule has 0 bridgehead atoms. The summed E-state index contributed by atoms with van der Waals surface area (Å²) in [6, 6.07) is 9.81. The molecule has 2 saturated carbocycles. The number of benzene rings is 1. The minimum atomic E-state index is 0.543. The third-order valence-electron chi connectivity index (χ3n) is 4.87. The van der Waals surface area contributed by atoms with Crippen molar-refractivity contribution in [3.8, 4) is 5.75 Å². The largest absolute Gasteiger partial charge is 0.497 e. The Kier molecular flexibility index (Phi) is 3.79. The van der Waals surface area contributed by atoms with Gasteiger partial charge in [0.05, 0.1) is 7.11 Å². The maximum absolute atomic E-state index is 5.25. The van der Waals surface area contributed by atoms with E-state index < -0.39 is 0 Å². The number of nitrogens with one attached hydrogen (secondary N) is 1. The van der Waals surface area contributed by atoms with Crippen LogP contribution in [0.4, 0.5) is 0 Å². The predicted molar refractivity (Wildman–Crippen MR) is 78.4 cm³/mol. The van der Waals surface area contributed by atoms with Crippen LogP contribution in [0, 0.1) is 11.8 Å². The molecule has 2 atom stereocenters. The average Bonchev–Trinajstić information content (AvgIpc) is 3.18. The summed E-state index contributed by atoms with van der Waals surface area (Å²) in [7, 11) is 1.73. The SMILES string of the molecule is COc1ccc(C(NC(C)C2CCC2)C2CC2)cc1. The minimum absolute atomic E-state index is 0.543. The second kappa shape index (κ2) is 5.54. The van der Waals surface area contributed by atoms with Gasteiger partial charge in [0.2, 0.25) is 0 Å². The van der Waals surface area contributed by atoms with Crippen LogP contribution in [0.3, 0.4) is 0 Å². The van der Waals surface area contributed by atoms with Gasteiger partial charge in [-0.15, -0.1) is 0 Å². The van der Waals surface area contributed by atoms with E-state index in [2.05, 4.69) is 36.5 Å². The second-order valence-corrected chi connectivity index (χ2v) is 6.23. The molecule has 1 aromatic rings. The summed E-state index contributed by atoms with van der Waals surface area (Å²) >= 11 is 0. The van der Waals surface area contributed by atoms with Crippen LogP contribution in [0.5, 0.6) is 5.75 Å². The highest BCUT2D eigenvalue weighted by atomic mass is 16.5.